The zero-order chi connectivity index (χ0) is 35.2. The molecule has 2 unspecified atom stereocenters. The van der Waals surface area contributed by atoms with Crippen molar-refractivity contribution >= 4 is 13.8 Å². The molecular formula is C39H80NO7P. The molecule has 0 saturated heterocycles. The maximum atomic E-state index is 12.5. The lowest BCUT2D eigenvalue weighted by molar-refractivity contribution is -0.154. The highest BCUT2D eigenvalue weighted by Gasteiger charge is 2.25. The molecule has 0 saturated carbocycles. The number of hydrogen-bond donors (Lipinski definition) is 2. The Morgan fingerprint density at radius 1 is 0.542 bits per heavy atom. The van der Waals surface area contributed by atoms with Crippen LogP contribution in [0.25, 0.3) is 0 Å². The molecule has 8 nitrogen and oxygen atoms in total. The minimum atomic E-state index is -4.26. The van der Waals surface area contributed by atoms with E-state index in [1.165, 1.54) is 154 Å². The summed E-state index contributed by atoms with van der Waals surface area (Å²) in [6.07, 6.45) is 36.8. The number of phosphoric ester groups is 1. The van der Waals surface area contributed by atoms with Gasteiger partial charge in [0.2, 0.25) is 0 Å². The number of esters is 1. The van der Waals surface area contributed by atoms with Crippen molar-refractivity contribution in [2.75, 3.05) is 33.0 Å². The molecule has 0 rings (SSSR count). The lowest BCUT2D eigenvalue weighted by atomic mass is 10.0. The van der Waals surface area contributed by atoms with Crippen molar-refractivity contribution in [3.8, 4) is 0 Å². The summed E-state index contributed by atoms with van der Waals surface area (Å²) in [6, 6.07) is 0. The van der Waals surface area contributed by atoms with E-state index in [4.69, 9.17) is 24.3 Å². The first-order chi connectivity index (χ1) is 23.4. The highest BCUT2D eigenvalue weighted by atomic mass is 31.2. The van der Waals surface area contributed by atoms with Crippen LogP contribution in [0, 0.1) is 0 Å². The van der Waals surface area contributed by atoms with E-state index in [-0.39, 0.29) is 32.3 Å². The standard InChI is InChI=1S/C39H80NO7P/c1-3-5-7-9-11-13-15-17-18-19-20-21-23-25-27-29-31-34-44-36-38(37-46-48(42,43)45-35-33-40)47-39(41)32-30-28-26-24-22-16-14-12-10-8-6-4-2/h38H,3-37,40H2,1-2H3,(H,42,43). The number of rotatable bonds is 40. The predicted molar refractivity (Wildman–Crippen MR) is 201 cm³/mol. The highest BCUT2D eigenvalue weighted by Crippen LogP contribution is 2.43. The maximum absolute atomic E-state index is 12.5. The molecule has 2 atom stereocenters. The molecule has 0 aromatic carbocycles. The summed E-state index contributed by atoms with van der Waals surface area (Å²) in [5, 5.41) is 0. The Hall–Kier alpha value is -0.500. The molecular weight excluding hydrogens is 625 g/mol. The van der Waals surface area contributed by atoms with E-state index in [9.17, 15) is 14.3 Å². The van der Waals surface area contributed by atoms with Gasteiger partial charge in [0.1, 0.15) is 6.10 Å². The fraction of sp³-hybridized carbons (Fsp3) is 0.974. The minimum Gasteiger partial charge on any atom is -0.457 e. The topological polar surface area (TPSA) is 117 Å². The Morgan fingerprint density at radius 3 is 1.31 bits per heavy atom. The molecule has 0 heterocycles. The van der Waals surface area contributed by atoms with Crippen molar-refractivity contribution in [2.24, 2.45) is 5.73 Å². The first kappa shape index (κ1) is 47.5. The van der Waals surface area contributed by atoms with Gasteiger partial charge < -0.3 is 20.1 Å². The van der Waals surface area contributed by atoms with Gasteiger partial charge in [-0.15, -0.1) is 0 Å². The summed E-state index contributed by atoms with van der Waals surface area (Å²) in [4.78, 5) is 22.4. The molecule has 0 aliphatic heterocycles. The fourth-order valence-electron chi connectivity index (χ4n) is 6.00. The average Bonchev–Trinajstić information content (AvgIpc) is 3.07. The molecule has 0 aliphatic rings. The molecule has 48 heavy (non-hydrogen) atoms. The van der Waals surface area contributed by atoms with Gasteiger partial charge in [-0.2, -0.15) is 0 Å². The van der Waals surface area contributed by atoms with Gasteiger partial charge in [0.15, 0.2) is 0 Å². The van der Waals surface area contributed by atoms with Crippen molar-refractivity contribution in [1.82, 2.24) is 0 Å². The Labute approximate surface area is 297 Å². The summed E-state index contributed by atoms with van der Waals surface area (Å²) < 4.78 is 33.4. The van der Waals surface area contributed by atoms with Crippen LogP contribution in [0.4, 0.5) is 0 Å². The number of hydrogen-bond acceptors (Lipinski definition) is 7. The molecule has 0 amide bonds. The van der Waals surface area contributed by atoms with Crippen molar-refractivity contribution < 1.29 is 32.8 Å². The van der Waals surface area contributed by atoms with E-state index in [2.05, 4.69) is 13.8 Å². The van der Waals surface area contributed by atoms with E-state index in [1.807, 2.05) is 0 Å². The third kappa shape index (κ3) is 36.8. The van der Waals surface area contributed by atoms with Gasteiger partial charge >= 0.3 is 13.8 Å². The van der Waals surface area contributed by atoms with Crippen molar-refractivity contribution in [3.05, 3.63) is 0 Å². The van der Waals surface area contributed by atoms with Crippen molar-refractivity contribution in [2.45, 2.75) is 213 Å². The van der Waals surface area contributed by atoms with E-state index >= 15 is 0 Å². The molecule has 0 aliphatic carbocycles. The molecule has 0 bridgehead atoms. The van der Waals surface area contributed by atoms with Gasteiger partial charge in [0.25, 0.3) is 0 Å². The lowest BCUT2D eigenvalue weighted by Gasteiger charge is -2.20. The van der Waals surface area contributed by atoms with Crippen LogP contribution >= 0.6 is 7.82 Å². The largest absolute Gasteiger partial charge is 0.472 e. The van der Waals surface area contributed by atoms with Gasteiger partial charge in [0, 0.05) is 19.6 Å². The van der Waals surface area contributed by atoms with E-state index in [0.29, 0.717) is 13.0 Å². The van der Waals surface area contributed by atoms with Crippen molar-refractivity contribution in [3.63, 3.8) is 0 Å². The quantitative estimate of drug-likeness (QED) is 0.0367. The minimum absolute atomic E-state index is 0.0903. The second kappa shape index (κ2) is 37.7. The molecule has 0 aromatic heterocycles. The lowest BCUT2D eigenvalue weighted by Crippen LogP contribution is -2.28. The Bertz CT molecular complexity index is 712. The third-order valence-electron chi connectivity index (χ3n) is 9.02. The zero-order valence-corrected chi connectivity index (χ0v) is 32.6. The van der Waals surface area contributed by atoms with Crippen LogP contribution in [-0.2, 0) is 27.9 Å². The van der Waals surface area contributed by atoms with E-state index in [1.54, 1.807) is 0 Å². The number of phosphoric acid groups is 1. The first-order valence-corrected chi connectivity index (χ1v) is 22.0. The summed E-state index contributed by atoms with van der Waals surface area (Å²) in [7, 11) is -4.26. The van der Waals surface area contributed by atoms with Crippen LogP contribution < -0.4 is 5.73 Å². The van der Waals surface area contributed by atoms with Crippen LogP contribution in [0.15, 0.2) is 0 Å². The third-order valence-corrected chi connectivity index (χ3v) is 10.0. The molecule has 3 N–H and O–H groups in total. The van der Waals surface area contributed by atoms with Crippen LogP contribution in [0.1, 0.15) is 206 Å². The van der Waals surface area contributed by atoms with Crippen LogP contribution in [0.3, 0.4) is 0 Å². The molecule has 9 heteroatoms. The molecule has 0 radical (unpaired) electrons. The van der Waals surface area contributed by atoms with Crippen molar-refractivity contribution in [1.29, 1.82) is 0 Å². The second-order valence-corrected chi connectivity index (χ2v) is 15.3. The molecule has 0 aromatic rings. The number of carbonyl (C=O) groups is 1. The number of carbonyl (C=O) groups excluding carboxylic acids is 1. The Morgan fingerprint density at radius 2 is 0.917 bits per heavy atom. The number of ether oxygens (including phenoxy) is 2. The summed E-state index contributed by atoms with van der Waals surface area (Å²) in [5.41, 5.74) is 5.36. The summed E-state index contributed by atoms with van der Waals surface area (Å²) in [5.74, 6) is -0.326. The highest BCUT2D eigenvalue weighted by molar-refractivity contribution is 7.47. The molecule has 288 valence electrons. The van der Waals surface area contributed by atoms with Gasteiger partial charge in [-0.25, -0.2) is 4.57 Å². The maximum Gasteiger partial charge on any atom is 0.472 e. The second-order valence-electron chi connectivity index (χ2n) is 13.9. The fourth-order valence-corrected chi connectivity index (χ4v) is 6.76. The number of nitrogens with two attached hydrogens (primary N) is 1. The SMILES string of the molecule is CCCCCCCCCCCCCCCCCCCOCC(COP(=O)(O)OCCN)OC(=O)CCCCCCCCCCCCCC. The van der Waals surface area contributed by atoms with Gasteiger partial charge in [-0.3, -0.25) is 13.8 Å². The van der Waals surface area contributed by atoms with Gasteiger partial charge in [0.05, 0.1) is 19.8 Å². The Kier molecular flexibility index (Phi) is 37.4. The smallest absolute Gasteiger partial charge is 0.457 e. The van der Waals surface area contributed by atoms with Crippen LogP contribution in [-0.4, -0.2) is 49.9 Å². The van der Waals surface area contributed by atoms with Crippen LogP contribution in [0.2, 0.25) is 0 Å². The van der Waals surface area contributed by atoms with E-state index in [0.717, 1.165) is 32.1 Å². The van der Waals surface area contributed by atoms with E-state index < -0.39 is 13.9 Å². The summed E-state index contributed by atoms with van der Waals surface area (Å²) >= 11 is 0. The average molecular weight is 706 g/mol. The normalized spacial score (nSPS) is 13.5. The van der Waals surface area contributed by atoms with Crippen LogP contribution in [0.5, 0.6) is 0 Å². The van der Waals surface area contributed by atoms with Gasteiger partial charge in [-0.1, -0.05) is 187 Å². The first-order valence-electron chi connectivity index (χ1n) is 20.5. The molecule has 0 spiro atoms. The number of unbranched alkanes of at least 4 members (excludes halogenated alkanes) is 27. The monoisotopic (exact) mass is 706 g/mol. The zero-order valence-electron chi connectivity index (χ0n) is 31.7. The Balaban J connectivity index is 3.98. The van der Waals surface area contributed by atoms with Gasteiger partial charge in [-0.05, 0) is 12.8 Å². The molecule has 0 fully saturated rings. The predicted octanol–water partition coefficient (Wildman–Crippen LogP) is 11.7. The summed E-state index contributed by atoms with van der Waals surface area (Å²) in [6.45, 7) is 4.97.